The highest BCUT2D eigenvalue weighted by molar-refractivity contribution is 6.31. The van der Waals surface area contributed by atoms with E-state index in [1.807, 2.05) is 13.8 Å². The molecule has 0 aliphatic heterocycles. The second-order valence-electron chi connectivity index (χ2n) is 3.82. The fraction of sp³-hybridized carbons (Fsp3) is 0.417. The third-order valence-electron chi connectivity index (χ3n) is 2.34. The van der Waals surface area contributed by atoms with E-state index in [-0.39, 0.29) is 11.9 Å². The van der Waals surface area contributed by atoms with Gasteiger partial charge in [0, 0.05) is 22.5 Å². The van der Waals surface area contributed by atoms with Gasteiger partial charge in [0.1, 0.15) is 0 Å². The molecule has 0 bridgehead atoms. The van der Waals surface area contributed by atoms with Crippen molar-refractivity contribution in [1.29, 1.82) is 0 Å². The van der Waals surface area contributed by atoms with E-state index < -0.39 is 0 Å². The Morgan fingerprint density at radius 3 is 2.75 bits per heavy atom. The Kier molecular flexibility index (Phi) is 5.10. The number of carbonyl (C=O) groups is 1. The first-order chi connectivity index (χ1) is 7.54. The fourth-order valence-corrected chi connectivity index (χ4v) is 1.77. The first kappa shape index (κ1) is 13.3. The largest absolute Gasteiger partial charge is 0.350 e. The number of benzene rings is 1. The monoisotopic (exact) mass is 259 g/mol. The van der Waals surface area contributed by atoms with Gasteiger partial charge in [-0.3, -0.25) is 4.79 Å². The van der Waals surface area contributed by atoms with Crippen molar-refractivity contribution < 1.29 is 4.79 Å². The van der Waals surface area contributed by atoms with Gasteiger partial charge in [0.05, 0.1) is 0 Å². The molecule has 1 amide bonds. The number of amides is 1. The van der Waals surface area contributed by atoms with Crippen LogP contribution in [0.3, 0.4) is 0 Å². The van der Waals surface area contributed by atoms with Gasteiger partial charge in [-0.2, -0.15) is 0 Å². The number of halogens is 2. The van der Waals surface area contributed by atoms with Crippen LogP contribution in [-0.4, -0.2) is 17.8 Å². The van der Waals surface area contributed by atoms with Crippen molar-refractivity contribution in [3.05, 3.63) is 34.3 Å². The van der Waals surface area contributed by atoms with Crippen LogP contribution < -0.4 is 5.32 Å². The van der Waals surface area contributed by atoms with E-state index in [2.05, 4.69) is 5.32 Å². The standard InChI is InChI=1S/C12H15Cl2NO/c1-8-7-10(3-4-11(8)14)12(16)15-9(2)5-6-13/h3-4,7,9H,5-6H2,1-2H3,(H,15,16). The van der Waals surface area contributed by atoms with Gasteiger partial charge >= 0.3 is 0 Å². The van der Waals surface area contributed by atoms with E-state index in [9.17, 15) is 4.79 Å². The van der Waals surface area contributed by atoms with Crippen molar-refractivity contribution in [1.82, 2.24) is 5.32 Å². The number of rotatable bonds is 4. The summed E-state index contributed by atoms with van der Waals surface area (Å²) >= 11 is 11.5. The highest BCUT2D eigenvalue weighted by Gasteiger charge is 2.10. The smallest absolute Gasteiger partial charge is 0.251 e. The summed E-state index contributed by atoms with van der Waals surface area (Å²) in [6.07, 6.45) is 0.764. The molecule has 0 fully saturated rings. The van der Waals surface area contributed by atoms with Gasteiger partial charge in [-0.1, -0.05) is 11.6 Å². The molecular weight excluding hydrogens is 245 g/mol. The molecule has 2 nitrogen and oxygen atoms in total. The molecule has 0 spiro atoms. The van der Waals surface area contributed by atoms with E-state index in [0.29, 0.717) is 16.5 Å². The Hall–Kier alpha value is -0.730. The Morgan fingerprint density at radius 2 is 2.19 bits per heavy atom. The molecule has 0 radical (unpaired) electrons. The van der Waals surface area contributed by atoms with Crippen molar-refractivity contribution in [2.45, 2.75) is 26.3 Å². The van der Waals surface area contributed by atoms with Crippen molar-refractivity contribution in [3.63, 3.8) is 0 Å². The van der Waals surface area contributed by atoms with Gasteiger partial charge in [0.25, 0.3) is 5.91 Å². The van der Waals surface area contributed by atoms with Gasteiger partial charge in [0.15, 0.2) is 0 Å². The van der Waals surface area contributed by atoms with Crippen LogP contribution in [0.5, 0.6) is 0 Å². The number of hydrogen-bond acceptors (Lipinski definition) is 1. The first-order valence-electron chi connectivity index (χ1n) is 5.17. The van der Waals surface area contributed by atoms with E-state index in [0.717, 1.165) is 12.0 Å². The minimum atomic E-state index is -0.0858. The molecule has 1 rings (SSSR count). The van der Waals surface area contributed by atoms with Crippen LogP contribution in [0.15, 0.2) is 18.2 Å². The second-order valence-corrected chi connectivity index (χ2v) is 4.60. The number of aryl methyl sites for hydroxylation is 1. The van der Waals surface area contributed by atoms with Crippen molar-refractivity contribution in [2.24, 2.45) is 0 Å². The lowest BCUT2D eigenvalue weighted by Crippen LogP contribution is -2.32. The Balaban J connectivity index is 2.69. The molecule has 1 unspecified atom stereocenters. The van der Waals surface area contributed by atoms with Crippen molar-refractivity contribution in [2.75, 3.05) is 5.88 Å². The molecule has 1 aromatic rings. The van der Waals surface area contributed by atoms with E-state index in [1.54, 1.807) is 18.2 Å². The van der Waals surface area contributed by atoms with Crippen LogP contribution in [0.4, 0.5) is 0 Å². The van der Waals surface area contributed by atoms with Gasteiger partial charge in [0.2, 0.25) is 0 Å². The van der Waals surface area contributed by atoms with Gasteiger partial charge < -0.3 is 5.32 Å². The van der Waals surface area contributed by atoms with Crippen LogP contribution in [0.25, 0.3) is 0 Å². The summed E-state index contributed by atoms with van der Waals surface area (Å²) in [5.41, 5.74) is 1.53. The molecule has 88 valence electrons. The molecule has 0 saturated heterocycles. The molecule has 1 aromatic carbocycles. The Bertz CT molecular complexity index is 379. The molecule has 16 heavy (non-hydrogen) atoms. The summed E-state index contributed by atoms with van der Waals surface area (Å²) in [5.74, 6) is 0.457. The molecule has 0 aromatic heterocycles. The Labute approximate surface area is 106 Å². The van der Waals surface area contributed by atoms with Gasteiger partial charge in [-0.05, 0) is 44.0 Å². The summed E-state index contributed by atoms with van der Waals surface area (Å²) in [7, 11) is 0. The molecule has 0 saturated carbocycles. The molecule has 0 heterocycles. The van der Waals surface area contributed by atoms with Gasteiger partial charge in [-0.15, -0.1) is 11.6 Å². The second kappa shape index (κ2) is 6.12. The third kappa shape index (κ3) is 3.69. The maximum Gasteiger partial charge on any atom is 0.251 e. The predicted octanol–water partition coefficient (Wildman–Crippen LogP) is 3.40. The summed E-state index contributed by atoms with van der Waals surface area (Å²) in [4.78, 5) is 11.8. The summed E-state index contributed by atoms with van der Waals surface area (Å²) in [6.45, 7) is 3.81. The van der Waals surface area contributed by atoms with E-state index in [4.69, 9.17) is 23.2 Å². The fourth-order valence-electron chi connectivity index (χ4n) is 1.33. The average Bonchev–Trinajstić information content (AvgIpc) is 2.22. The third-order valence-corrected chi connectivity index (χ3v) is 2.98. The Morgan fingerprint density at radius 1 is 1.50 bits per heavy atom. The van der Waals surface area contributed by atoms with Gasteiger partial charge in [-0.25, -0.2) is 0 Å². The zero-order valence-electron chi connectivity index (χ0n) is 9.39. The van der Waals surface area contributed by atoms with Crippen molar-refractivity contribution >= 4 is 29.1 Å². The quantitative estimate of drug-likeness (QED) is 0.826. The molecule has 0 aliphatic carbocycles. The SMILES string of the molecule is Cc1cc(C(=O)NC(C)CCCl)ccc1Cl. The molecule has 4 heteroatoms. The number of hydrogen-bond donors (Lipinski definition) is 1. The van der Waals surface area contributed by atoms with Crippen LogP contribution >= 0.6 is 23.2 Å². The minimum absolute atomic E-state index is 0.0842. The molecule has 1 N–H and O–H groups in total. The molecule has 0 aliphatic rings. The average molecular weight is 260 g/mol. The topological polar surface area (TPSA) is 29.1 Å². The summed E-state index contributed by atoms with van der Waals surface area (Å²) in [5, 5.41) is 3.55. The molecular formula is C12H15Cl2NO. The lowest BCUT2D eigenvalue weighted by atomic mass is 10.1. The summed E-state index contributed by atoms with van der Waals surface area (Å²) in [6, 6.07) is 5.32. The van der Waals surface area contributed by atoms with E-state index in [1.165, 1.54) is 0 Å². The number of alkyl halides is 1. The number of carbonyl (C=O) groups excluding carboxylic acids is 1. The highest BCUT2D eigenvalue weighted by atomic mass is 35.5. The highest BCUT2D eigenvalue weighted by Crippen LogP contribution is 2.16. The first-order valence-corrected chi connectivity index (χ1v) is 6.09. The van der Waals surface area contributed by atoms with Crippen LogP contribution in [-0.2, 0) is 0 Å². The lowest BCUT2D eigenvalue weighted by molar-refractivity contribution is 0.0939. The lowest BCUT2D eigenvalue weighted by Gasteiger charge is -2.12. The maximum absolute atomic E-state index is 11.8. The predicted molar refractivity (Wildman–Crippen MR) is 68.5 cm³/mol. The van der Waals surface area contributed by atoms with Crippen LogP contribution in [0, 0.1) is 6.92 Å². The normalized spacial score (nSPS) is 12.2. The zero-order chi connectivity index (χ0) is 12.1. The molecule has 1 atom stereocenters. The minimum Gasteiger partial charge on any atom is -0.350 e. The zero-order valence-corrected chi connectivity index (χ0v) is 10.9. The number of nitrogens with one attached hydrogen (secondary N) is 1. The maximum atomic E-state index is 11.8. The van der Waals surface area contributed by atoms with E-state index >= 15 is 0 Å². The van der Waals surface area contributed by atoms with Crippen LogP contribution in [0.2, 0.25) is 5.02 Å². The van der Waals surface area contributed by atoms with Crippen molar-refractivity contribution in [3.8, 4) is 0 Å². The summed E-state index contributed by atoms with van der Waals surface area (Å²) < 4.78 is 0. The van der Waals surface area contributed by atoms with Crippen LogP contribution in [0.1, 0.15) is 29.3 Å².